The van der Waals surface area contributed by atoms with Gasteiger partial charge in [0.25, 0.3) is 0 Å². The minimum Gasteiger partial charge on any atom is -0.487 e. The van der Waals surface area contributed by atoms with Crippen LogP contribution in [0.2, 0.25) is 0 Å². The summed E-state index contributed by atoms with van der Waals surface area (Å²) in [4.78, 5) is 23.3. The third kappa shape index (κ3) is 3.99. The summed E-state index contributed by atoms with van der Waals surface area (Å²) in [5.74, 6) is 0.318. The Bertz CT molecular complexity index is 602. The molecule has 132 valence electrons. The SMILES string of the molecule is Cl.NCC(=O)NCC(=O)NC1CC2(CCCC2)Oc2ccccc21. The lowest BCUT2D eigenvalue weighted by Gasteiger charge is -2.40. The van der Waals surface area contributed by atoms with Gasteiger partial charge >= 0.3 is 0 Å². The number of carbonyl (C=O) groups is 2. The molecule has 1 spiro atoms. The Hall–Kier alpha value is -1.79. The van der Waals surface area contributed by atoms with Crippen molar-refractivity contribution < 1.29 is 14.3 Å². The van der Waals surface area contributed by atoms with E-state index in [2.05, 4.69) is 10.6 Å². The molecule has 2 aliphatic rings. The lowest BCUT2D eigenvalue weighted by molar-refractivity contribution is -0.126. The molecule has 1 aliphatic heterocycles. The van der Waals surface area contributed by atoms with Crippen LogP contribution < -0.4 is 21.1 Å². The van der Waals surface area contributed by atoms with Crippen LogP contribution in [0.15, 0.2) is 24.3 Å². The quantitative estimate of drug-likeness (QED) is 0.763. The second kappa shape index (κ2) is 7.85. The third-order valence-electron chi connectivity index (χ3n) is 4.68. The Labute approximate surface area is 147 Å². The molecule has 1 saturated carbocycles. The summed E-state index contributed by atoms with van der Waals surface area (Å²) in [5.41, 5.74) is 6.07. The lowest BCUT2D eigenvalue weighted by atomic mass is 9.86. The van der Waals surface area contributed by atoms with Gasteiger partial charge in [-0.3, -0.25) is 9.59 Å². The maximum Gasteiger partial charge on any atom is 0.239 e. The van der Waals surface area contributed by atoms with E-state index in [0.29, 0.717) is 0 Å². The van der Waals surface area contributed by atoms with E-state index in [1.165, 1.54) is 0 Å². The number of halogens is 1. The molecule has 1 aliphatic carbocycles. The van der Waals surface area contributed by atoms with Crippen molar-refractivity contribution in [2.24, 2.45) is 5.73 Å². The number of fused-ring (bicyclic) bond motifs is 1. The fraction of sp³-hybridized carbons (Fsp3) is 0.529. The minimum atomic E-state index is -0.334. The molecule has 2 amide bonds. The first-order chi connectivity index (χ1) is 11.1. The molecule has 1 heterocycles. The molecule has 3 rings (SSSR count). The smallest absolute Gasteiger partial charge is 0.239 e. The van der Waals surface area contributed by atoms with Crippen LogP contribution in [0.5, 0.6) is 5.75 Å². The number of hydrogen-bond donors (Lipinski definition) is 3. The number of carbonyl (C=O) groups excluding carboxylic acids is 2. The Kier molecular flexibility index (Phi) is 6.07. The van der Waals surface area contributed by atoms with Gasteiger partial charge in [0.1, 0.15) is 11.4 Å². The second-order valence-corrected chi connectivity index (χ2v) is 6.34. The number of hydrogen-bond acceptors (Lipinski definition) is 4. The maximum atomic E-state index is 12.1. The molecule has 1 aromatic rings. The average Bonchev–Trinajstić information content (AvgIpc) is 3.00. The molecule has 4 N–H and O–H groups in total. The van der Waals surface area contributed by atoms with Gasteiger partial charge in [0.15, 0.2) is 0 Å². The molecule has 1 aromatic carbocycles. The van der Waals surface area contributed by atoms with Gasteiger partial charge in [-0.05, 0) is 31.7 Å². The van der Waals surface area contributed by atoms with Gasteiger partial charge < -0.3 is 21.1 Å². The van der Waals surface area contributed by atoms with Crippen LogP contribution in [0, 0.1) is 0 Å². The monoisotopic (exact) mass is 353 g/mol. The number of ether oxygens (including phenoxy) is 1. The zero-order valence-electron chi connectivity index (χ0n) is 13.5. The highest BCUT2D eigenvalue weighted by atomic mass is 35.5. The Balaban J connectivity index is 0.00000208. The van der Waals surface area contributed by atoms with Crippen LogP contribution in [-0.4, -0.2) is 30.5 Å². The van der Waals surface area contributed by atoms with E-state index in [1.807, 2.05) is 24.3 Å². The predicted octanol–water partition coefficient (Wildman–Crippen LogP) is 1.44. The molecule has 1 fully saturated rings. The number of amides is 2. The second-order valence-electron chi connectivity index (χ2n) is 6.34. The molecule has 0 radical (unpaired) electrons. The Morgan fingerprint density at radius 3 is 2.62 bits per heavy atom. The maximum absolute atomic E-state index is 12.1. The van der Waals surface area contributed by atoms with E-state index >= 15 is 0 Å². The molecule has 7 heteroatoms. The Morgan fingerprint density at radius 1 is 1.21 bits per heavy atom. The fourth-order valence-electron chi connectivity index (χ4n) is 3.57. The number of nitrogens with two attached hydrogens (primary N) is 1. The third-order valence-corrected chi connectivity index (χ3v) is 4.68. The lowest BCUT2D eigenvalue weighted by Crippen LogP contribution is -2.46. The van der Waals surface area contributed by atoms with Crippen molar-refractivity contribution in [1.29, 1.82) is 0 Å². The van der Waals surface area contributed by atoms with Crippen LogP contribution in [-0.2, 0) is 9.59 Å². The summed E-state index contributed by atoms with van der Waals surface area (Å²) >= 11 is 0. The van der Waals surface area contributed by atoms with E-state index < -0.39 is 0 Å². The molecule has 24 heavy (non-hydrogen) atoms. The fourth-order valence-corrected chi connectivity index (χ4v) is 3.57. The predicted molar refractivity (Wildman–Crippen MR) is 93.1 cm³/mol. The number of para-hydroxylation sites is 1. The van der Waals surface area contributed by atoms with Gasteiger partial charge in [-0.1, -0.05) is 18.2 Å². The zero-order valence-corrected chi connectivity index (χ0v) is 14.4. The number of rotatable bonds is 4. The van der Waals surface area contributed by atoms with Crippen LogP contribution in [0.3, 0.4) is 0 Å². The number of nitrogens with one attached hydrogen (secondary N) is 2. The standard InChI is InChI=1S/C17H23N3O3.ClH/c18-10-15(21)19-11-16(22)20-13-9-17(7-3-4-8-17)23-14-6-2-1-5-12(13)14;/h1-2,5-6,13H,3-4,7-11,18H2,(H,19,21)(H,20,22);1H. The zero-order chi connectivity index (χ0) is 16.3. The minimum absolute atomic E-state index is 0. The number of benzene rings is 1. The average molecular weight is 354 g/mol. The molecule has 0 aromatic heterocycles. The van der Waals surface area contributed by atoms with Crippen molar-refractivity contribution >= 4 is 24.2 Å². The van der Waals surface area contributed by atoms with Crippen molar-refractivity contribution in [3.05, 3.63) is 29.8 Å². The highest BCUT2D eigenvalue weighted by molar-refractivity contribution is 5.86. The van der Waals surface area contributed by atoms with E-state index in [1.54, 1.807) is 0 Å². The van der Waals surface area contributed by atoms with Gasteiger partial charge in [-0.15, -0.1) is 12.4 Å². The molecule has 1 unspecified atom stereocenters. The van der Waals surface area contributed by atoms with Gasteiger partial charge in [0.05, 0.1) is 19.1 Å². The summed E-state index contributed by atoms with van der Waals surface area (Å²) in [6, 6.07) is 7.77. The highest BCUT2D eigenvalue weighted by Crippen LogP contribution is 2.46. The summed E-state index contributed by atoms with van der Waals surface area (Å²) < 4.78 is 6.27. The van der Waals surface area contributed by atoms with Crippen LogP contribution >= 0.6 is 12.4 Å². The molecular formula is C17H24ClN3O3. The normalized spacial score (nSPS) is 20.5. The van der Waals surface area contributed by atoms with Crippen molar-refractivity contribution in [2.75, 3.05) is 13.1 Å². The van der Waals surface area contributed by atoms with Gasteiger partial charge in [0.2, 0.25) is 11.8 Å². The van der Waals surface area contributed by atoms with E-state index in [0.717, 1.165) is 43.4 Å². The van der Waals surface area contributed by atoms with Crippen LogP contribution in [0.4, 0.5) is 0 Å². The van der Waals surface area contributed by atoms with Gasteiger partial charge in [-0.25, -0.2) is 0 Å². The molecule has 1 atom stereocenters. The van der Waals surface area contributed by atoms with Gasteiger partial charge in [0, 0.05) is 12.0 Å². The van der Waals surface area contributed by atoms with Crippen molar-refractivity contribution in [3.63, 3.8) is 0 Å². The Morgan fingerprint density at radius 2 is 1.92 bits per heavy atom. The van der Waals surface area contributed by atoms with E-state index in [9.17, 15) is 9.59 Å². The molecule has 0 bridgehead atoms. The first-order valence-electron chi connectivity index (χ1n) is 8.16. The van der Waals surface area contributed by atoms with E-state index in [-0.39, 0.29) is 49.0 Å². The first-order valence-corrected chi connectivity index (χ1v) is 8.16. The van der Waals surface area contributed by atoms with Crippen LogP contribution in [0.1, 0.15) is 43.7 Å². The van der Waals surface area contributed by atoms with Crippen molar-refractivity contribution in [3.8, 4) is 5.75 Å². The summed E-state index contributed by atoms with van der Waals surface area (Å²) in [5, 5.41) is 5.53. The molecule has 6 nitrogen and oxygen atoms in total. The highest BCUT2D eigenvalue weighted by Gasteiger charge is 2.43. The van der Waals surface area contributed by atoms with Crippen molar-refractivity contribution in [2.45, 2.75) is 43.7 Å². The topological polar surface area (TPSA) is 93.5 Å². The van der Waals surface area contributed by atoms with Gasteiger partial charge in [-0.2, -0.15) is 0 Å². The molecular weight excluding hydrogens is 330 g/mol. The molecule has 0 saturated heterocycles. The van der Waals surface area contributed by atoms with E-state index in [4.69, 9.17) is 10.5 Å². The first kappa shape index (κ1) is 18.5. The summed E-state index contributed by atoms with van der Waals surface area (Å²) in [6.45, 7) is -0.168. The largest absolute Gasteiger partial charge is 0.487 e. The van der Waals surface area contributed by atoms with Crippen LogP contribution in [0.25, 0.3) is 0 Å². The summed E-state index contributed by atoms with van der Waals surface area (Å²) in [7, 11) is 0. The summed E-state index contributed by atoms with van der Waals surface area (Å²) in [6.07, 6.45) is 5.15. The van der Waals surface area contributed by atoms with Crippen molar-refractivity contribution in [1.82, 2.24) is 10.6 Å².